The molecule has 0 aliphatic heterocycles. The van der Waals surface area contributed by atoms with E-state index >= 15 is 0 Å². The lowest BCUT2D eigenvalue weighted by atomic mass is 10.0. The molecule has 0 saturated heterocycles. The molecule has 0 heterocycles. The van der Waals surface area contributed by atoms with Crippen molar-refractivity contribution in [2.24, 2.45) is 0 Å². The molecule has 0 aromatic heterocycles. The Kier molecular flexibility index (Phi) is 43.0. The molecule has 0 fully saturated rings. The predicted octanol–water partition coefficient (Wildman–Crippen LogP) is 15.1. The third-order valence-corrected chi connectivity index (χ3v) is 10.1. The van der Waals surface area contributed by atoms with Gasteiger partial charge in [0.25, 0.3) is 0 Å². The molecule has 1 unspecified atom stereocenters. The summed E-state index contributed by atoms with van der Waals surface area (Å²) in [7, 11) is 0. The Morgan fingerprint density at radius 1 is 0.393 bits per heavy atom. The maximum absolute atomic E-state index is 12.7. The minimum atomic E-state index is -0.806. The normalized spacial score (nSPS) is 12.4. The molecule has 1 atom stereocenters. The van der Waals surface area contributed by atoms with Crippen LogP contribution in [0.2, 0.25) is 0 Å². The molecule has 0 aliphatic carbocycles. The lowest BCUT2D eigenvalue weighted by molar-refractivity contribution is -0.166. The van der Waals surface area contributed by atoms with Gasteiger partial charge in [0.15, 0.2) is 6.10 Å². The molecule has 0 N–H and O–H groups in total. The van der Waals surface area contributed by atoms with Gasteiger partial charge in [0, 0.05) is 12.8 Å². The summed E-state index contributed by atoms with van der Waals surface area (Å²) < 4.78 is 16.6. The number of rotatable bonds is 42. The van der Waals surface area contributed by atoms with E-state index < -0.39 is 12.1 Å². The summed E-state index contributed by atoms with van der Waals surface area (Å²) in [6.07, 6.45) is 52.7. The van der Waals surface area contributed by atoms with Crippen molar-refractivity contribution in [2.45, 2.75) is 239 Å². The maximum atomic E-state index is 12.7. The summed E-state index contributed by atoms with van der Waals surface area (Å²) in [5.74, 6) is -1.04. The third kappa shape index (κ3) is 42.5. The van der Waals surface area contributed by atoms with Crippen LogP contribution in [0.4, 0.5) is 0 Å². The lowest BCUT2D eigenvalue weighted by Gasteiger charge is -2.18. The Bertz CT molecular complexity index is 996. The second kappa shape index (κ2) is 45.1. The number of esters is 3. The van der Waals surface area contributed by atoms with Gasteiger partial charge >= 0.3 is 17.9 Å². The zero-order valence-electron chi connectivity index (χ0n) is 36.9. The van der Waals surface area contributed by atoms with Gasteiger partial charge in [-0.2, -0.15) is 0 Å². The second-order valence-corrected chi connectivity index (χ2v) is 15.7. The SMILES string of the molecule is CC/C=C\C/C=C\C/C=C\CC(=O)OCC(COC(=O)CCCCCCC/C=C\CCCCCCCCC)OC(=O)CCCCCCCCCCCCCCC. The summed E-state index contributed by atoms with van der Waals surface area (Å²) in [6.45, 7) is 6.41. The van der Waals surface area contributed by atoms with E-state index in [2.05, 4.69) is 57.2 Å². The molecular weight excluding hydrogens is 697 g/mol. The Morgan fingerprint density at radius 3 is 1.23 bits per heavy atom. The van der Waals surface area contributed by atoms with Gasteiger partial charge in [0.2, 0.25) is 0 Å². The van der Waals surface area contributed by atoms with Crippen molar-refractivity contribution in [3.63, 3.8) is 0 Å². The van der Waals surface area contributed by atoms with Crippen molar-refractivity contribution < 1.29 is 28.6 Å². The van der Waals surface area contributed by atoms with E-state index in [0.29, 0.717) is 12.8 Å². The highest BCUT2D eigenvalue weighted by Gasteiger charge is 2.19. The van der Waals surface area contributed by atoms with Crippen molar-refractivity contribution >= 4 is 17.9 Å². The topological polar surface area (TPSA) is 78.9 Å². The zero-order valence-corrected chi connectivity index (χ0v) is 36.9. The fourth-order valence-corrected chi connectivity index (χ4v) is 6.56. The van der Waals surface area contributed by atoms with Gasteiger partial charge in [-0.1, -0.05) is 204 Å². The van der Waals surface area contributed by atoms with Gasteiger partial charge in [0.05, 0.1) is 6.42 Å². The molecule has 0 amide bonds. The van der Waals surface area contributed by atoms with Crippen LogP contribution in [0.3, 0.4) is 0 Å². The van der Waals surface area contributed by atoms with E-state index in [1.807, 2.05) is 6.08 Å². The van der Waals surface area contributed by atoms with Crippen molar-refractivity contribution in [3.05, 3.63) is 48.6 Å². The van der Waals surface area contributed by atoms with Crippen LogP contribution in [0.25, 0.3) is 0 Å². The number of hydrogen-bond acceptors (Lipinski definition) is 6. The van der Waals surface area contributed by atoms with Crippen LogP contribution in [-0.4, -0.2) is 37.2 Å². The summed E-state index contributed by atoms with van der Waals surface area (Å²) in [6, 6.07) is 0. The van der Waals surface area contributed by atoms with Crippen LogP contribution in [0, 0.1) is 0 Å². The highest BCUT2D eigenvalue weighted by molar-refractivity contribution is 5.72. The van der Waals surface area contributed by atoms with Crippen LogP contribution < -0.4 is 0 Å². The van der Waals surface area contributed by atoms with Crippen molar-refractivity contribution in [3.8, 4) is 0 Å². The highest BCUT2D eigenvalue weighted by atomic mass is 16.6. The first-order valence-corrected chi connectivity index (χ1v) is 23.6. The van der Waals surface area contributed by atoms with Gasteiger partial charge in [-0.25, -0.2) is 0 Å². The van der Waals surface area contributed by atoms with Crippen LogP contribution >= 0.6 is 0 Å². The Morgan fingerprint density at radius 2 is 0.768 bits per heavy atom. The van der Waals surface area contributed by atoms with Gasteiger partial charge < -0.3 is 14.2 Å². The van der Waals surface area contributed by atoms with E-state index in [4.69, 9.17) is 14.2 Å². The molecule has 56 heavy (non-hydrogen) atoms. The Labute approximate surface area is 346 Å². The van der Waals surface area contributed by atoms with E-state index in [0.717, 1.165) is 64.2 Å². The molecule has 0 aromatic rings. The lowest BCUT2D eigenvalue weighted by Crippen LogP contribution is -2.30. The molecule has 0 spiro atoms. The molecule has 6 nitrogen and oxygen atoms in total. The number of allylic oxidation sites excluding steroid dienone is 7. The smallest absolute Gasteiger partial charge is 0.309 e. The van der Waals surface area contributed by atoms with E-state index in [9.17, 15) is 14.4 Å². The number of carbonyl (C=O) groups is 3. The van der Waals surface area contributed by atoms with Crippen LogP contribution in [0.15, 0.2) is 48.6 Å². The first-order chi connectivity index (χ1) is 27.5. The number of unbranched alkanes of at least 4 members (excludes halogenated alkanes) is 24. The summed E-state index contributed by atoms with van der Waals surface area (Å²) in [5.41, 5.74) is 0. The quantitative estimate of drug-likeness (QED) is 0.0265. The van der Waals surface area contributed by atoms with Crippen molar-refractivity contribution in [2.75, 3.05) is 13.2 Å². The Balaban J connectivity index is 4.39. The maximum Gasteiger partial charge on any atom is 0.309 e. The minimum Gasteiger partial charge on any atom is -0.462 e. The molecular formula is C50H88O6. The van der Waals surface area contributed by atoms with Gasteiger partial charge in [0.1, 0.15) is 13.2 Å². The molecule has 324 valence electrons. The summed E-state index contributed by atoms with van der Waals surface area (Å²) in [4.78, 5) is 37.7. The average molecular weight is 785 g/mol. The van der Waals surface area contributed by atoms with E-state index in [1.54, 1.807) is 6.08 Å². The molecule has 0 aromatic carbocycles. The first kappa shape index (κ1) is 53.4. The van der Waals surface area contributed by atoms with Crippen LogP contribution in [0.5, 0.6) is 0 Å². The Hall–Kier alpha value is -2.63. The van der Waals surface area contributed by atoms with Crippen LogP contribution in [-0.2, 0) is 28.6 Å². The minimum absolute atomic E-state index is 0.102. The molecule has 0 aliphatic rings. The first-order valence-electron chi connectivity index (χ1n) is 23.6. The average Bonchev–Trinajstić information content (AvgIpc) is 3.19. The third-order valence-electron chi connectivity index (χ3n) is 10.1. The number of hydrogen-bond donors (Lipinski definition) is 0. The predicted molar refractivity (Wildman–Crippen MR) is 238 cm³/mol. The van der Waals surface area contributed by atoms with E-state index in [1.165, 1.54) is 128 Å². The van der Waals surface area contributed by atoms with E-state index in [-0.39, 0.29) is 31.6 Å². The highest BCUT2D eigenvalue weighted by Crippen LogP contribution is 2.15. The molecule has 0 rings (SSSR count). The zero-order chi connectivity index (χ0) is 40.8. The largest absolute Gasteiger partial charge is 0.462 e. The summed E-state index contributed by atoms with van der Waals surface area (Å²) in [5, 5.41) is 0. The van der Waals surface area contributed by atoms with Gasteiger partial charge in [-0.3, -0.25) is 14.4 Å². The second-order valence-electron chi connectivity index (χ2n) is 15.7. The number of ether oxygens (including phenoxy) is 3. The standard InChI is InChI=1S/C50H88O6/c1-4-7-10-13-16-19-21-23-24-25-27-28-31-34-37-40-43-49(52)55-46-47(45-54-48(51)42-39-36-33-30-18-15-12-9-6-3)56-50(53)44-41-38-35-32-29-26-22-20-17-14-11-8-5-2/h9,12,18,24-25,30,36,39,47H,4-8,10-11,13-17,19-23,26-29,31-35,37-38,40-46H2,1-3H3/b12-9-,25-24-,30-18-,39-36-. The van der Waals surface area contributed by atoms with Crippen LogP contribution in [0.1, 0.15) is 233 Å². The molecule has 0 radical (unpaired) electrons. The fraction of sp³-hybridized carbons (Fsp3) is 0.780. The molecule has 6 heteroatoms. The monoisotopic (exact) mass is 785 g/mol. The molecule has 0 bridgehead atoms. The number of carbonyl (C=O) groups excluding carboxylic acids is 3. The van der Waals surface area contributed by atoms with Gasteiger partial charge in [-0.15, -0.1) is 0 Å². The van der Waals surface area contributed by atoms with Crippen molar-refractivity contribution in [1.82, 2.24) is 0 Å². The summed E-state index contributed by atoms with van der Waals surface area (Å²) >= 11 is 0. The van der Waals surface area contributed by atoms with Crippen molar-refractivity contribution in [1.29, 1.82) is 0 Å². The molecule has 0 saturated carbocycles. The fourth-order valence-electron chi connectivity index (χ4n) is 6.56. The van der Waals surface area contributed by atoms with Gasteiger partial charge in [-0.05, 0) is 57.8 Å².